The van der Waals surface area contributed by atoms with Crippen LogP contribution in [0.2, 0.25) is 0 Å². The van der Waals surface area contributed by atoms with Crippen molar-refractivity contribution >= 4 is 39.5 Å². The lowest BCUT2D eigenvalue weighted by atomic mass is 9.99. The van der Waals surface area contributed by atoms with Crippen molar-refractivity contribution in [2.24, 2.45) is 23.7 Å². The average molecular weight is 1490 g/mol. The highest BCUT2D eigenvalue weighted by Gasteiger charge is 2.30. The fourth-order valence-corrected chi connectivity index (χ4v) is 14.3. The number of aliphatic hydroxyl groups is 1. The van der Waals surface area contributed by atoms with Crippen LogP contribution in [0.4, 0.5) is 0 Å². The van der Waals surface area contributed by atoms with E-state index in [-0.39, 0.29) is 25.7 Å². The molecule has 0 heterocycles. The monoisotopic (exact) mass is 1490 g/mol. The topological polar surface area (TPSA) is 237 Å². The molecule has 19 heteroatoms. The number of rotatable bonds is 80. The van der Waals surface area contributed by atoms with Gasteiger partial charge < -0.3 is 33.8 Å². The summed E-state index contributed by atoms with van der Waals surface area (Å²) in [6.07, 6.45) is 59.7. The van der Waals surface area contributed by atoms with E-state index in [0.717, 1.165) is 120 Å². The Morgan fingerprint density at radius 3 is 0.696 bits per heavy atom. The van der Waals surface area contributed by atoms with Gasteiger partial charge in [-0.3, -0.25) is 37.3 Å². The van der Waals surface area contributed by atoms with Gasteiger partial charge in [0.2, 0.25) is 0 Å². The van der Waals surface area contributed by atoms with E-state index in [2.05, 4.69) is 55.4 Å². The van der Waals surface area contributed by atoms with Gasteiger partial charge in [0.15, 0.2) is 12.2 Å². The quantitative estimate of drug-likeness (QED) is 0.0222. The highest BCUT2D eigenvalue weighted by molar-refractivity contribution is 7.47. The number of carbonyl (C=O) groups excluding carboxylic acids is 4. The van der Waals surface area contributed by atoms with Crippen LogP contribution in [0.3, 0.4) is 0 Å². The van der Waals surface area contributed by atoms with Crippen LogP contribution in [-0.4, -0.2) is 96.7 Å². The van der Waals surface area contributed by atoms with Crippen LogP contribution in [0.15, 0.2) is 0 Å². The number of unbranched alkanes of at least 4 members (excludes halogenated alkanes) is 44. The molecule has 0 saturated carbocycles. The molecule has 0 rings (SSSR count). The zero-order valence-electron chi connectivity index (χ0n) is 67.2. The Morgan fingerprint density at radius 2 is 0.471 bits per heavy atom. The molecule has 0 aliphatic rings. The van der Waals surface area contributed by atoms with Crippen molar-refractivity contribution in [3.63, 3.8) is 0 Å². The molecule has 0 aliphatic heterocycles. The summed E-state index contributed by atoms with van der Waals surface area (Å²) in [7, 11) is -9.93. The molecule has 0 aliphatic carbocycles. The lowest BCUT2D eigenvalue weighted by molar-refractivity contribution is -0.161. The molecule has 0 bridgehead atoms. The van der Waals surface area contributed by atoms with Crippen molar-refractivity contribution in [3.05, 3.63) is 0 Å². The first-order valence-electron chi connectivity index (χ1n) is 42.8. The summed E-state index contributed by atoms with van der Waals surface area (Å²) in [6, 6.07) is 0. The largest absolute Gasteiger partial charge is 0.472 e. The Morgan fingerprint density at radius 1 is 0.275 bits per heavy atom. The smallest absolute Gasteiger partial charge is 0.462 e. The maximum absolute atomic E-state index is 13.1. The molecule has 102 heavy (non-hydrogen) atoms. The van der Waals surface area contributed by atoms with E-state index in [1.807, 2.05) is 0 Å². The summed E-state index contributed by atoms with van der Waals surface area (Å²) in [5.41, 5.74) is 0. The molecule has 0 fully saturated rings. The van der Waals surface area contributed by atoms with Gasteiger partial charge >= 0.3 is 39.5 Å². The Bertz CT molecular complexity index is 1990. The van der Waals surface area contributed by atoms with Gasteiger partial charge in [-0.1, -0.05) is 376 Å². The SMILES string of the molecule is CCC(C)CCCCCCCCCCCCC(=O)O[C@H](COC(=O)CCCCCCCCC(C)CC)COP(=O)(O)OC[C@H](O)COP(=O)(O)OC[C@@H](COC(=O)CCCCCCCCCCCCCCCCCCC(C)C)OC(=O)CCCCCCCCCCCCCCCCCCC(C)C. The summed E-state index contributed by atoms with van der Waals surface area (Å²) in [4.78, 5) is 73.1. The van der Waals surface area contributed by atoms with Crippen LogP contribution < -0.4 is 0 Å². The minimum atomic E-state index is -4.96. The van der Waals surface area contributed by atoms with E-state index in [4.69, 9.17) is 37.0 Å². The predicted octanol–water partition coefficient (Wildman–Crippen LogP) is 24.8. The first-order chi connectivity index (χ1) is 49.2. The second-order valence-corrected chi connectivity index (χ2v) is 34.2. The molecule has 0 spiro atoms. The van der Waals surface area contributed by atoms with Crippen LogP contribution in [0.1, 0.15) is 428 Å². The molecule has 0 aromatic rings. The molecule has 3 N–H and O–H groups in total. The van der Waals surface area contributed by atoms with Gasteiger partial charge in [-0.2, -0.15) is 0 Å². The van der Waals surface area contributed by atoms with Gasteiger partial charge in [0.05, 0.1) is 26.4 Å². The van der Waals surface area contributed by atoms with Gasteiger partial charge in [-0.15, -0.1) is 0 Å². The molecule has 0 saturated heterocycles. The maximum Gasteiger partial charge on any atom is 0.472 e. The van der Waals surface area contributed by atoms with Gasteiger partial charge in [0.25, 0.3) is 0 Å². The summed E-state index contributed by atoms with van der Waals surface area (Å²) in [5, 5.41) is 10.7. The van der Waals surface area contributed by atoms with Gasteiger partial charge in [0, 0.05) is 25.7 Å². The lowest BCUT2D eigenvalue weighted by Crippen LogP contribution is -2.30. The van der Waals surface area contributed by atoms with Crippen LogP contribution in [0.25, 0.3) is 0 Å². The molecule has 606 valence electrons. The van der Waals surface area contributed by atoms with E-state index in [1.54, 1.807) is 0 Å². The Balaban J connectivity index is 5.24. The van der Waals surface area contributed by atoms with Crippen molar-refractivity contribution < 1.29 is 80.2 Å². The van der Waals surface area contributed by atoms with Crippen molar-refractivity contribution in [1.29, 1.82) is 0 Å². The van der Waals surface area contributed by atoms with Crippen molar-refractivity contribution in [2.75, 3.05) is 39.6 Å². The second kappa shape index (κ2) is 72.0. The van der Waals surface area contributed by atoms with Crippen LogP contribution in [0, 0.1) is 23.7 Å². The highest BCUT2D eigenvalue weighted by Crippen LogP contribution is 2.45. The third-order valence-electron chi connectivity index (χ3n) is 20.0. The Labute approximate surface area is 626 Å². The van der Waals surface area contributed by atoms with Crippen molar-refractivity contribution in [2.45, 2.75) is 446 Å². The summed E-state index contributed by atoms with van der Waals surface area (Å²) >= 11 is 0. The van der Waals surface area contributed by atoms with E-state index in [1.165, 1.54) is 225 Å². The maximum atomic E-state index is 13.1. The first kappa shape index (κ1) is 100. The Kier molecular flexibility index (Phi) is 70.6. The first-order valence-corrected chi connectivity index (χ1v) is 45.8. The second-order valence-electron chi connectivity index (χ2n) is 31.3. The van der Waals surface area contributed by atoms with Crippen LogP contribution in [-0.2, 0) is 65.4 Å². The summed E-state index contributed by atoms with van der Waals surface area (Å²) in [6.45, 7) is 14.3. The lowest BCUT2D eigenvalue weighted by Gasteiger charge is -2.21. The minimum absolute atomic E-state index is 0.105. The van der Waals surface area contributed by atoms with Crippen LogP contribution in [0.5, 0.6) is 0 Å². The van der Waals surface area contributed by atoms with Gasteiger partial charge in [-0.05, 0) is 49.4 Å². The molecular formula is C83H162O17P2. The number of ether oxygens (including phenoxy) is 4. The third kappa shape index (κ3) is 73.6. The fourth-order valence-electron chi connectivity index (χ4n) is 12.7. The highest BCUT2D eigenvalue weighted by atomic mass is 31.2. The molecule has 7 atom stereocenters. The van der Waals surface area contributed by atoms with E-state index in [0.29, 0.717) is 25.7 Å². The molecule has 0 radical (unpaired) electrons. The number of esters is 4. The van der Waals surface area contributed by atoms with E-state index in [9.17, 15) is 43.2 Å². The molecular weight excluding hydrogens is 1330 g/mol. The third-order valence-corrected chi connectivity index (χ3v) is 21.9. The number of carbonyl (C=O) groups is 4. The average Bonchev–Trinajstić information content (AvgIpc) is 0.904. The molecule has 0 amide bonds. The van der Waals surface area contributed by atoms with Gasteiger partial charge in [-0.25, -0.2) is 9.13 Å². The van der Waals surface area contributed by atoms with Gasteiger partial charge in [0.1, 0.15) is 19.3 Å². The number of phosphoric acid groups is 2. The van der Waals surface area contributed by atoms with Crippen molar-refractivity contribution in [1.82, 2.24) is 0 Å². The number of hydrogen-bond donors (Lipinski definition) is 3. The van der Waals surface area contributed by atoms with Crippen molar-refractivity contribution in [3.8, 4) is 0 Å². The zero-order valence-corrected chi connectivity index (χ0v) is 69.0. The summed E-state index contributed by atoms with van der Waals surface area (Å²) < 4.78 is 68.8. The number of hydrogen-bond acceptors (Lipinski definition) is 15. The predicted molar refractivity (Wildman–Crippen MR) is 418 cm³/mol. The van der Waals surface area contributed by atoms with Crippen LogP contribution >= 0.6 is 15.6 Å². The Hall–Kier alpha value is -1.94. The normalized spacial score (nSPS) is 14.5. The number of aliphatic hydroxyl groups excluding tert-OH is 1. The minimum Gasteiger partial charge on any atom is -0.462 e. The molecule has 4 unspecified atom stereocenters. The number of phosphoric ester groups is 2. The van der Waals surface area contributed by atoms with E-state index < -0.39 is 97.5 Å². The molecule has 17 nitrogen and oxygen atoms in total. The fraction of sp³-hybridized carbons (Fsp3) is 0.952. The zero-order chi connectivity index (χ0) is 75.3. The van der Waals surface area contributed by atoms with E-state index >= 15 is 0 Å². The molecule has 0 aromatic carbocycles. The summed E-state index contributed by atoms with van der Waals surface area (Å²) in [5.74, 6) is 1.04. The molecule has 0 aromatic heterocycles. The standard InChI is InChI=1S/C83H162O17P2/c1-9-75(7)61-53-45-37-31-27-28-34-40-50-58-66-83(88)100-79(70-94-81(86)64-56-48-42-41-46-54-62-76(8)10-2)72-98-102(91,92)96-68-77(84)67-95-101(89,90)97-71-78(99-82(87)65-57-49-39-33-26-22-18-14-12-16-20-24-30-36-44-52-60-74(5)6)69-93-80(85)63-55-47-38-32-25-21-17-13-11-15-19-23-29-35-43-51-59-73(3)4/h73-79,84H,9-72H2,1-8H3,(H,89,90)(H,91,92)/t75?,76?,77-,78-,79-/m1/s1.